The van der Waals surface area contributed by atoms with E-state index < -0.39 is 28.1 Å². The molecule has 202 valence electrons. The molecule has 1 heterocycles. The summed E-state index contributed by atoms with van der Waals surface area (Å²) in [4.78, 5) is 23.1. The van der Waals surface area contributed by atoms with Crippen LogP contribution in [0.1, 0.15) is 54.1 Å². The Morgan fingerprint density at radius 1 is 0.973 bits per heavy atom. The number of carboxylic acids is 2. The number of sulfonamides is 1. The number of hydrogen-bond acceptors (Lipinski definition) is 5. The van der Waals surface area contributed by atoms with Crippen molar-refractivity contribution in [3.8, 4) is 0 Å². The summed E-state index contributed by atoms with van der Waals surface area (Å²) in [6.45, 7) is 3.82. The van der Waals surface area contributed by atoms with E-state index in [1.165, 1.54) is 11.6 Å². The number of aromatic carboxylic acids is 1. The molecule has 0 aromatic heterocycles. The number of halogens is 3. The van der Waals surface area contributed by atoms with Gasteiger partial charge in [0.2, 0.25) is 0 Å². The van der Waals surface area contributed by atoms with E-state index in [0.29, 0.717) is 11.6 Å². The van der Waals surface area contributed by atoms with E-state index in [9.17, 15) is 31.5 Å². The molecule has 1 aliphatic heterocycles. The summed E-state index contributed by atoms with van der Waals surface area (Å²) in [7, 11) is -3.79. The van der Waals surface area contributed by atoms with E-state index in [4.69, 9.17) is 9.90 Å². The summed E-state index contributed by atoms with van der Waals surface area (Å²) >= 11 is 0. The molecule has 37 heavy (non-hydrogen) atoms. The van der Waals surface area contributed by atoms with E-state index in [1.54, 1.807) is 24.3 Å². The van der Waals surface area contributed by atoms with Crippen LogP contribution in [-0.4, -0.2) is 49.8 Å². The van der Waals surface area contributed by atoms with Crippen molar-refractivity contribution in [1.29, 1.82) is 0 Å². The van der Waals surface area contributed by atoms with Gasteiger partial charge in [-0.25, -0.2) is 18.0 Å². The van der Waals surface area contributed by atoms with Crippen molar-refractivity contribution in [3.05, 3.63) is 53.1 Å². The van der Waals surface area contributed by atoms with Gasteiger partial charge in [0.05, 0.1) is 16.1 Å². The Kier molecular flexibility index (Phi) is 8.72. The van der Waals surface area contributed by atoms with Gasteiger partial charge in [0, 0.05) is 18.8 Å². The van der Waals surface area contributed by atoms with E-state index in [-0.39, 0.29) is 16.1 Å². The maximum absolute atomic E-state index is 12.9. The van der Waals surface area contributed by atoms with E-state index in [1.807, 2.05) is 6.07 Å². The number of alkyl halides is 3. The molecule has 0 bridgehead atoms. The number of piperidine rings is 1. The number of fused-ring (bicyclic) bond motifs is 1. The molecule has 2 aromatic rings. The van der Waals surface area contributed by atoms with Gasteiger partial charge >= 0.3 is 18.1 Å². The van der Waals surface area contributed by atoms with Gasteiger partial charge in [-0.1, -0.05) is 13.0 Å². The molecule has 4 rings (SSSR count). The largest absolute Gasteiger partial charge is 0.490 e. The molecule has 3 N–H and O–H groups in total. The molecule has 1 aliphatic carbocycles. The first-order chi connectivity index (χ1) is 17.3. The lowest BCUT2D eigenvalue weighted by Gasteiger charge is -2.33. The number of rotatable bonds is 5. The highest BCUT2D eigenvalue weighted by Gasteiger charge is 2.38. The Bertz CT molecular complexity index is 1260. The van der Waals surface area contributed by atoms with Gasteiger partial charge in [-0.15, -0.1) is 0 Å². The number of hydrogen-bond donors (Lipinski definition) is 3. The molecular formula is C25H29F3N2O6S. The van der Waals surface area contributed by atoms with Crippen LogP contribution in [0.3, 0.4) is 0 Å². The Hall–Kier alpha value is -3.28. The normalized spacial score (nSPS) is 16.3. The molecule has 2 aromatic carbocycles. The van der Waals surface area contributed by atoms with E-state index >= 15 is 0 Å². The summed E-state index contributed by atoms with van der Waals surface area (Å²) in [6, 6.07) is 10.1. The van der Waals surface area contributed by atoms with Crippen molar-refractivity contribution in [2.75, 3.05) is 22.7 Å². The van der Waals surface area contributed by atoms with Gasteiger partial charge in [-0.3, -0.25) is 4.72 Å². The van der Waals surface area contributed by atoms with E-state index in [2.05, 4.69) is 16.5 Å². The first-order valence-electron chi connectivity index (χ1n) is 11.8. The summed E-state index contributed by atoms with van der Waals surface area (Å²) in [5.41, 5.74) is 3.33. The molecule has 0 spiro atoms. The number of aryl methyl sites for hydroxylation is 2. The Balaban J connectivity index is 0.000000479. The number of aliphatic carboxylic acids is 1. The summed E-state index contributed by atoms with van der Waals surface area (Å²) < 4.78 is 60.1. The molecule has 12 heteroatoms. The maximum atomic E-state index is 12.9. The van der Waals surface area contributed by atoms with Gasteiger partial charge in [-0.05, 0) is 85.9 Å². The van der Waals surface area contributed by atoms with Crippen molar-refractivity contribution in [2.45, 2.75) is 56.5 Å². The van der Waals surface area contributed by atoms with Crippen LogP contribution in [0.4, 0.5) is 24.5 Å². The van der Waals surface area contributed by atoms with Crippen LogP contribution in [0.5, 0.6) is 0 Å². The fraction of sp³-hybridized carbons (Fsp3) is 0.440. The highest BCUT2D eigenvalue weighted by atomic mass is 32.2. The van der Waals surface area contributed by atoms with Crippen LogP contribution in [0.2, 0.25) is 0 Å². The Morgan fingerprint density at radius 2 is 1.57 bits per heavy atom. The third-order valence-electron chi connectivity index (χ3n) is 6.48. The van der Waals surface area contributed by atoms with Crippen LogP contribution in [-0.2, 0) is 27.7 Å². The highest BCUT2D eigenvalue weighted by Crippen LogP contribution is 2.30. The van der Waals surface area contributed by atoms with E-state index in [0.717, 1.165) is 57.2 Å². The van der Waals surface area contributed by atoms with Crippen LogP contribution >= 0.6 is 0 Å². The average Bonchev–Trinajstić information content (AvgIpc) is 2.84. The SMILES string of the molecule is CC1CCN(c2ccc(NS(=O)(=O)c3ccc4c(c3)CCCC4)cc2C(=O)O)CC1.O=C(O)C(F)(F)F. The molecule has 2 aliphatic rings. The molecule has 0 saturated carbocycles. The van der Waals surface area contributed by atoms with Crippen LogP contribution in [0, 0.1) is 5.92 Å². The molecular weight excluding hydrogens is 513 g/mol. The van der Waals surface area contributed by atoms with Crippen molar-refractivity contribution >= 4 is 33.3 Å². The highest BCUT2D eigenvalue weighted by molar-refractivity contribution is 7.92. The third kappa shape index (κ3) is 7.37. The fourth-order valence-corrected chi connectivity index (χ4v) is 5.49. The minimum atomic E-state index is -5.08. The van der Waals surface area contributed by atoms with Gasteiger partial charge in [0.15, 0.2) is 0 Å². The summed E-state index contributed by atoms with van der Waals surface area (Å²) in [5.74, 6) is -3.18. The summed E-state index contributed by atoms with van der Waals surface area (Å²) in [5, 5.41) is 16.8. The number of nitrogens with one attached hydrogen (secondary N) is 1. The van der Waals surface area contributed by atoms with Crippen LogP contribution < -0.4 is 9.62 Å². The average molecular weight is 543 g/mol. The minimum absolute atomic E-state index is 0.121. The predicted molar refractivity (Wildman–Crippen MR) is 132 cm³/mol. The molecule has 0 unspecified atom stereocenters. The number of carboxylic acid groups (broad SMARTS) is 2. The van der Waals surface area contributed by atoms with Crippen LogP contribution in [0.15, 0.2) is 41.3 Å². The zero-order chi connectivity index (χ0) is 27.4. The second-order valence-electron chi connectivity index (χ2n) is 9.25. The number of carbonyl (C=O) groups is 2. The second kappa shape index (κ2) is 11.4. The van der Waals surface area contributed by atoms with Crippen LogP contribution in [0.25, 0.3) is 0 Å². The Labute approximate surface area is 213 Å². The van der Waals surface area contributed by atoms with Gasteiger partial charge in [-0.2, -0.15) is 13.2 Å². The van der Waals surface area contributed by atoms with Crippen molar-refractivity contribution in [2.24, 2.45) is 5.92 Å². The monoisotopic (exact) mass is 542 g/mol. The molecule has 0 amide bonds. The first-order valence-corrected chi connectivity index (χ1v) is 13.3. The lowest BCUT2D eigenvalue weighted by atomic mass is 9.92. The minimum Gasteiger partial charge on any atom is -0.478 e. The summed E-state index contributed by atoms with van der Waals surface area (Å²) in [6.07, 6.45) is 1.05. The zero-order valence-corrected chi connectivity index (χ0v) is 21.0. The van der Waals surface area contributed by atoms with Gasteiger partial charge in [0.25, 0.3) is 10.0 Å². The lowest BCUT2D eigenvalue weighted by Crippen LogP contribution is -2.33. The van der Waals surface area contributed by atoms with Crippen molar-refractivity contribution < 1.29 is 41.4 Å². The topological polar surface area (TPSA) is 124 Å². The predicted octanol–water partition coefficient (Wildman–Crippen LogP) is 4.93. The number of anilines is 2. The Morgan fingerprint density at radius 3 is 2.14 bits per heavy atom. The number of nitrogens with zero attached hydrogens (tertiary/aromatic N) is 1. The van der Waals surface area contributed by atoms with Crippen molar-refractivity contribution in [1.82, 2.24) is 0 Å². The maximum Gasteiger partial charge on any atom is 0.490 e. The zero-order valence-electron chi connectivity index (χ0n) is 20.2. The molecule has 8 nitrogen and oxygen atoms in total. The van der Waals surface area contributed by atoms with Crippen molar-refractivity contribution in [3.63, 3.8) is 0 Å². The standard InChI is InChI=1S/C23H28N2O4S.C2HF3O2/c1-16-10-12-25(13-11-16)22-9-7-19(15-21(22)23(26)27)24-30(28,29)20-8-6-17-4-2-3-5-18(17)14-20;3-2(4,5)1(6)7/h6-9,14-16,24H,2-5,10-13H2,1H3,(H,26,27);(H,6,7). The lowest BCUT2D eigenvalue weighted by molar-refractivity contribution is -0.192. The molecule has 0 atom stereocenters. The molecule has 1 fully saturated rings. The van der Waals surface area contributed by atoms with Gasteiger partial charge < -0.3 is 15.1 Å². The second-order valence-corrected chi connectivity index (χ2v) is 10.9. The molecule has 0 radical (unpaired) electrons. The van der Waals surface area contributed by atoms with Gasteiger partial charge in [0.1, 0.15) is 0 Å². The first kappa shape index (κ1) is 28.3. The fourth-order valence-electron chi connectivity index (χ4n) is 4.39. The molecule has 1 saturated heterocycles. The smallest absolute Gasteiger partial charge is 0.478 e. The number of benzene rings is 2. The quantitative estimate of drug-likeness (QED) is 0.489. The third-order valence-corrected chi connectivity index (χ3v) is 7.86.